The molecular weight excluding hydrogens is 421 g/mol. The average molecular weight is 454 g/mol. The monoisotopic (exact) mass is 453 g/mol. The van der Waals surface area contributed by atoms with Gasteiger partial charge in [-0.15, -0.1) is 10.2 Å². The molecule has 2 unspecified atom stereocenters. The van der Waals surface area contributed by atoms with Gasteiger partial charge in [0.15, 0.2) is 0 Å². The number of benzene rings is 1. The third-order valence-corrected chi connectivity index (χ3v) is 6.83. The fourth-order valence-electron chi connectivity index (χ4n) is 5.50. The summed E-state index contributed by atoms with van der Waals surface area (Å²) in [6.45, 7) is 5.49. The molecular formula is C25H32FN5O2. The van der Waals surface area contributed by atoms with E-state index < -0.39 is 5.82 Å². The summed E-state index contributed by atoms with van der Waals surface area (Å²) in [4.78, 5) is 11.3. The second-order valence-corrected chi connectivity index (χ2v) is 9.90. The van der Waals surface area contributed by atoms with Crippen LogP contribution < -0.4 is 16.0 Å². The van der Waals surface area contributed by atoms with E-state index in [9.17, 15) is 14.3 Å². The van der Waals surface area contributed by atoms with Gasteiger partial charge in [0.2, 0.25) is 5.91 Å². The molecule has 176 valence electrons. The van der Waals surface area contributed by atoms with Gasteiger partial charge in [0.05, 0.1) is 5.69 Å². The number of hydrogen-bond acceptors (Lipinski definition) is 6. The van der Waals surface area contributed by atoms with Crippen molar-refractivity contribution in [1.82, 2.24) is 20.8 Å². The number of piperidine rings is 2. The Balaban J connectivity index is 1.42. The van der Waals surface area contributed by atoms with Crippen LogP contribution in [-0.4, -0.2) is 45.9 Å². The van der Waals surface area contributed by atoms with Crippen LogP contribution in [0.25, 0.3) is 17.3 Å². The summed E-state index contributed by atoms with van der Waals surface area (Å²) in [6, 6.07) is 5.98. The number of fused-ring (bicyclic) bond motifs is 2. The van der Waals surface area contributed by atoms with Crippen molar-refractivity contribution in [2.24, 2.45) is 5.92 Å². The Morgan fingerprint density at radius 3 is 2.61 bits per heavy atom. The predicted octanol–water partition coefficient (Wildman–Crippen LogP) is 3.86. The number of amides is 1. The molecule has 3 heterocycles. The topological polar surface area (TPSA) is 99.2 Å². The molecule has 2 saturated heterocycles. The van der Waals surface area contributed by atoms with E-state index in [1.165, 1.54) is 50.6 Å². The van der Waals surface area contributed by atoms with Crippen molar-refractivity contribution in [2.45, 2.75) is 57.0 Å². The van der Waals surface area contributed by atoms with Crippen LogP contribution >= 0.6 is 0 Å². The number of likely N-dealkylation sites (N-methyl/N-ethyl adjacent to an activating group) is 1. The average Bonchev–Trinajstić information content (AvgIpc) is 2.76. The highest BCUT2D eigenvalue weighted by Gasteiger charge is 2.45. The minimum atomic E-state index is -0.564. The van der Waals surface area contributed by atoms with Crippen molar-refractivity contribution in [3.8, 4) is 17.0 Å². The largest absolute Gasteiger partial charge is 0.507 e. The summed E-state index contributed by atoms with van der Waals surface area (Å²) in [6.07, 6.45) is 8.50. The maximum atomic E-state index is 14.5. The molecule has 2 bridgehead atoms. The lowest BCUT2D eigenvalue weighted by Crippen LogP contribution is -2.63. The molecule has 1 aromatic carbocycles. The number of phenolic OH excluding ortho intramolecular Hbond substituents is 1. The van der Waals surface area contributed by atoms with Crippen LogP contribution in [0.3, 0.4) is 0 Å². The number of halogens is 1. The molecule has 33 heavy (non-hydrogen) atoms. The van der Waals surface area contributed by atoms with Crippen LogP contribution in [0.2, 0.25) is 0 Å². The summed E-state index contributed by atoms with van der Waals surface area (Å²) in [5.41, 5.74) is 1.14. The lowest BCUT2D eigenvalue weighted by atomic mass is 9.67. The number of hydrogen-bond donors (Lipinski definition) is 4. The summed E-state index contributed by atoms with van der Waals surface area (Å²) >= 11 is 0. The summed E-state index contributed by atoms with van der Waals surface area (Å²) < 4.78 is 14.5. The molecule has 8 heteroatoms. The number of anilines is 1. The van der Waals surface area contributed by atoms with Crippen LogP contribution in [0, 0.1) is 11.7 Å². The van der Waals surface area contributed by atoms with Gasteiger partial charge in [-0.05, 0) is 82.2 Å². The number of nitrogens with zero attached hydrogens (tertiary/aromatic N) is 2. The smallest absolute Gasteiger partial charge is 0.243 e. The van der Waals surface area contributed by atoms with Gasteiger partial charge in [0.25, 0.3) is 0 Å². The molecule has 0 saturated carbocycles. The highest BCUT2D eigenvalue weighted by atomic mass is 19.1. The third kappa shape index (κ3) is 5.33. The van der Waals surface area contributed by atoms with Gasteiger partial charge in [-0.3, -0.25) is 4.79 Å². The number of nitrogens with one attached hydrogen (secondary N) is 3. The van der Waals surface area contributed by atoms with Crippen molar-refractivity contribution in [1.29, 1.82) is 0 Å². The zero-order chi connectivity index (χ0) is 23.6. The number of rotatable bonds is 6. The zero-order valence-corrected chi connectivity index (χ0v) is 19.4. The van der Waals surface area contributed by atoms with Gasteiger partial charge in [0.1, 0.15) is 17.4 Å². The van der Waals surface area contributed by atoms with Crippen molar-refractivity contribution in [2.75, 3.05) is 18.9 Å². The second kappa shape index (κ2) is 9.09. The quantitative estimate of drug-likeness (QED) is 0.496. The molecule has 1 amide bonds. The van der Waals surface area contributed by atoms with E-state index in [-0.39, 0.29) is 33.9 Å². The van der Waals surface area contributed by atoms with E-state index in [0.717, 1.165) is 19.4 Å². The number of aromatic nitrogens is 2. The van der Waals surface area contributed by atoms with Crippen LogP contribution in [0.1, 0.15) is 51.5 Å². The van der Waals surface area contributed by atoms with Crippen molar-refractivity contribution in [3.05, 3.63) is 41.7 Å². The lowest BCUT2D eigenvalue weighted by Gasteiger charge is -2.53. The molecule has 4 rings (SSSR count). The first-order chi connectivity index (χ1) is 15.7. The summed E-state index contributed by atoms with van der Waals surface area (Å²) in [5, 5.41) is 28.5. The number of phenols is 1. The van der Waals surface area contributed by atoms with Crippen LogP contribution in [0.15, 0.2) is 30.3 Å². The third-order valence-electron chi connectivity index (χ3n) is 6.83. The first kappa shape index (κ1) is 23.2. The molecule has 2 fully saturated rings. The van der Waals surface area contributed by atoms with Crippen molar-refractivity contribution in [3.63, 3.8) is 0 Å². The Morgan fingerprint density at radius 1 is 1.24 bits per heavy atom. The number of aromatic hydroxyl groups is 1. The van der Waals surface area contributed by atoms with E-state index in [1.807, 2.05) is 0 Å². The van der Waals surface area contributed by atoms with E-state index in [4.69, 9.17) is 0 Å². The first-order valence-corrected chi connectivity index (χ1v) is 11.5. The number of carbonyl (C=O) groups excluding carboxylic acids is 1. The predicted molar refractivity (Wildman–Crippen MR) is 127 cm³/mol. The minimum absolute atomic E-state index is 0.111. The Kier molecular flexibility index (Phi) is 6.38. The molecule has 2 aliphatic heterocycles. The van der Waals surface area contributed by atoms with Gasteiger partial charge in [-0.2, -0.15) is 0 Å². The van der Waals surface area contributed by atoms with E-state index >= 15 is 0 Å². The second-order valence-electron chi connectivity index (χ2n) is 9.90. The molecule has 2 aliphatic rings. The molecule has 0 spiro atoms. The van der Waals surface area contributed by atoms with Crippen LogP contribution in [0.4, 0.5) is 10.2 Å². The van der Waals surface area contributed by atoms with Gasteiger partial charge >= 0.3 is 0 Å². The van der Waals surface area contributed by atoms with Gasteiger partial charge < -0.3 is 21.1 Å². The highest BCUT2D eigenvalue weighted by Crippen LogP contribution is 2.42. The maximum Gasteiger partial charge on any atom is 0.243 e. The fourth-order valence-corrected chi connectivity index (χ4v) is 5.50. The Hall–Kier alpha value is -3.00. The SMILES string of the molecule is CNC(=O)/C=C/c1cc(O)c(-c2ccc(NCC3CC4(C)CCCC(C)(C3)N4)nn2)cc1F. The van der Waals surface area contributed by atoms with E-state index in [0.29, 0.717) is 17.4 Å². The van der Waals surface area contributed by atoms with E-state index in [1.54, 1.807) is 12.1 Å². The molecule has 7 nitrogen and oxygen atoms in total. The van der Waals surface area contributed by atoms with Gasteiger partial charge in [0, 0.05) is 41.9 Å². The molecule has 2 aromatic rings. The van der Waals surface area contributed by atoms with Gasteiger partial charge in [-0.25, -0.2) is 4.39 Å². The zero-order valence-electron chi connectivity index (χ0n) is 19.4. The standard InChI is InChI=1S/C25H32FN5O2/c1-24-9-4-10-25(2,31-24)14-16(13-24)15-28-22-7-6-20(29-30-22)18-12-19(26)17(11-21(18)32)5-8-23(33)27-3/h5-8,11-12,16,31-32H,4,9-10,13-15H2,1-3H3,(H,27,33)(H,28,30)/b8-5+. The van der Waals surface area contributed by atoms with Gasteiger partial charge in [-0.1, -0.05) is 0 Å². The lowest BCUT2D eigenvalue weighted by molar-refractivity contribution is -0.115. The maximum absolute atomic E-state index is 14.5. The normalized spacial score (nSPS) is 26.8. The molecule has 0 aliphatic carbocycles. The highest BCUT2D eigenvalue weighted by molar-refractivity contribution is 5.91. The summed E-state index contributed by atoms with van der Waals surface area (Å²) in [7, 11) is 1.48. The van der Waals surface area contributed by atoms with Crippen molar-refractivity contribution < 1.29 is 14.3 Å². The first-order valence-electron chi connectivity index (χ1n) is 11.5. The van der Waals surface area contributed by atoms with Crippen LogP contribution in [0.5, 0.6) is 5.75 Å². The Bertz CT molecular complexity index is 1040. The summed E-state index contributed by atoms with van der Waals surface area (Å²) in [5.74, 6) is 0.151. The molecule has 4 N–H and O–H groups in total. The molecule has 0 radical (unpaired) electrons. The molecule has 2 atom stereocenters. The fraction of sp³-hybridized carbons (Fsp3) is 0.480. The molecule has 1 aromatic heterocycles. The van der Waals surface area contributed by atoms with E-state index in [2.05, 4.69) is 40.0 Å². The van der Waals surface area contributed by atoms with Crippen LogP contribution in [-0.2, 0) is 4.79 Å². The Morgan fingerprint density at radius 2 is 1.97 bits per heavy atom. The Labute approximate surface area is 193 Å². The minimum Gasteiger partial charge on any atom is -0.507 e. The number of carbonyl (C=O) groups is 1. The van der Waals surface area contributed by atoms with Crippen molar-refractivity contribution >= 4 is 17.8 Å².